The van der Waals surface area contributed by atoms with Crippen LogP contribution in [0.2, 0.25) is 0 Å². The minimum atomic E-state index is -0.425. The number of amides is 1. The predicted octanol–water partition coefficient (Wildman–Crippen LogP) is 1.91. The highest BCUT2D eigenvalue weighted by atomic mass is 16.3. The highest BCUT2D eigenvalue weighted by molar-refractivity contribution is 5.73. The number of nitrogen functional groups attached to an aromatic ring is 1. The van der Waals surface area contributed by atoms with E-state index in [1.165, 1.54) is 5.56 Å². The summed E-state index contributed by atoms with van der Waals surface area (Å²) in [6.07, 6.45) is 5.46. The molecular weight excluding hydrogens is 342 g/mol. The number of aryl methyl sites for hydroxylation is 1. The summed E-state index contributed by atoms with van der Waals surface area (Å²) in [5.41, 5.74) is 8.13. The number of piperidine rings is 2. The SMILES string of the molecule is CCCCc1c(C)nc(N)nc1N1CCC2(CC1)CC(O)CN(C(C)=O)C2. The van der Waals surface area contributed by atoms with E-state index in [0.717, 1.165) is 69.7 Å². The molecule has 0 radical (unpaired) electrons. The molecule has 0 saturated carbocycles. The Kier molecular flexibility index (Phi) is 5.89. The van der Waals surface area contributed by atoms with Gasteiger partial charge in [-0.25, -0.2) is 4.98 Å². The molecule has 3 heterocycles. The van der Waals surface area contributed by atoms with Crippen LogP contribution in [0.5, 0.6) is 0 Å². The Balaban J connectivity index is 1.76. The molecule has 2 saturated heterocycles. The maximum absolute atomic E-state index is 11.8. The fraction of sp³-hybridized carbons (Fsp3) is 0.750. The van der Waals surface area contributed by atoms with E-state index in [4.69, 9.17) is 5.73 Å². The van der Waals surface area contributed by atoms with Crippen molar-refractivity contribution in [1.82, 2.24) is 14.9 Å². The molecule has 0 aliphatic carbocycles. The number of carbonyl (C=O) groups excluding carboxylic acids is 1. The number of aromatic nitrogens is 2. The summed E-state index contributed by atoms with van der Waals surface area (Å²) in [5.74, 6) is 1.36. The van der Waals surface area contributed by atoms with Crippen molar-refractivity contribution >= 4 is 17.7 Å². The van der Waals surface area contributed by atoms with Crippen LogP contribution >= 0.6 is 0 Å². The summed E-state index contributed by atoms with van der Waals surface area (Å²) in [4.78, 5) is 24.9. The Morgan fingerprint density at radius 2 is 2.04 bits per heavy atom. The second-order valence-corrected chi connectivity index (χ2v) is 8.32. The van der Waals surface area contributed by atoms with E-state index < -0.39 is 6.10 Å². The van der Waals surface area contributed by atoms with Gasteiger partial charge in [-0.05, 0) is 44.4 Å². The summed E-state index contributed by atoms with van der Waals surface area (Å²) in [5, 5.41) is 10.3. The summed E-state index contributed by atoms with van der Waals surface area (Å²) >= 11 is 0. The van der Waals surface area contributed by atoms with Gasteiger partial charge in [-0.3, -0.25) is 4.79 Å². The lowest BCUT2D eigenvalue weighted by atomic mass is 9.71. The zero-order valence-corrected chi connectivity index (χ0v) is 16.9. The van der Waals surface area contributed by atoms with E-state index in [-0.39, 0.29) is 11.3 Å². The zero-order valence-electron chi connectivity index (χ0n) is 16.9. The number of hydrogen-bond acceptors (Lipinski definition) is 6. The van der Waals surface area contributed by atoms with Gasteiger partial charge in [-0.15, -0.1) is 0 Å². The van der Waals surface area contributed by atoms with E-state index >= 15 is 0 Å². The lowest BCUT2D eigenvalue weighted by Gasteiger charge is -2.49. The molecule has 1 amide bonds. The second kappa shape index (κ2) is 8.00. The van der Waals surface area contributed by atoms with Crippen LogP contribution in [-0.2, 0) is 11.2 Å². The van der Waals surface area contributed by atoms with Gasteiger partial charge in [-0.1, -0.05) is 13.3 Å². The molecular formula is C20H33N5O2. The Bertz CT molecular complexity index is 685. The predicted molar refractivity (Wildman–Crippen MR) is 107 cm³/mol. The third-order valence-corrected chi connectivity index (χ3v) is 6.18. The molecule has 3 N–H and O–H groups in total. The Hall–Kier alpha value is -1.89. The molecule has 3 rings (SSSR count). The van der Waals surface area contributed by atoms with Crippen LogP contribution in [0.3, 0.4) is 0 Å². The van der Waals surface area contributed by atoms with Gasteiger partial charge >= 0.3 is 0 Å². The second-order valence-electron chi connectivity index (χ2n) is 8.32. The number of anilines is 2. The highest BCUT2D eigenvalue weighted by Crippen LogP contribution is 2.41. The van der Waals surface area contributed by atoms with Crippen LogP contribution in [0.1, 0.15) is 57.2 Å². The number of unbranched alkanes of at least 4 members (excludes halogenated alkanes) is 1. The summed E-state index contributed by atoms with van der Waals surface area (Å²) in [6.45, 7) is 8.74. The fourth-order valence-electron chi connectivity index (χ4n) is 4.66. The van der Waals surface area contributed by atoms with E-state index in [2.05, 4.69) is 21.8 Å². The van der Waals surface area contributed by atoms with Crippen LogP contribution in [0, 0.1) is 12.3 Å². The fourth-order valence-corrected chi connectivity index (χ4v) is 4.66. The standard InChI is InChI=1S/C20H33N5O2/c1-4-5-6-17-14(2)22-19(21)23-18(17)24-9-7-20(8-10-24)11-16(27)12-25(13-20)15(3)26/h16,27H,4-13H2,1-3H3,(H2,21,22,23). The van der Waals surface area contributed by atoms with Gasteiger partial charge in [0.05, 0.1) is 6.10 Å². The number of aliphatic hydroxyl groups excluding tert-OH is 1. The number of β-amino-alcohol motifs (C(OH)–C–C–N with tert-alkyl or cyclic N) is 1. The van der Waals surface area contributed by atoms with Gasteiger partial charge in [0.2, 0.25) is 11.9 Å². The quantitative estimate of drug-likeness (QED) is 0.835. The number of hydrogen-bond donors (Lipinski definition) is 2. The normalized spacial score (nSPS) is 22.3. The first-order valence-electron chi connectivity index (χ1n) is 10.1. The molecule has 1 spiro atoms. The van der Waals surface area contributed by atoms with E-state index in [1.54, 1.807) is 6.92 Å². The number of rotatable bonds is 4. The molecule has 1 atom stereocenters. The highest BCUT2D eigenvalue weighted by Gasteiger charge is 2.42. The van der Waals surface area contributed by atoms with Crippen molar-refractivity contribution in [3.8, 4) is 0 Å². The molecule has 1 aromatic heterocycles. The van der Waals surface area contributed by atoms with Gasteiger partial charge in [-0.2, -0.15) is 4.98 Å². The minimum absolute atomic E-state index is 0.0110. The Morgan fingerprint density at radius 1 is 1.33 bits per heavy atom. The minimum Gasteiger partial charge on any atom is -0.391 e. The van der Waals surface area contributed by atoms with Gasteiger partial charge in [0, 0.05) is 44.4 Å². The first-order valence-corrected chi connectivity index (χ1v) is 10.1. The average molecular weight is 376 g/mol. The topological polar surface area (TPSA) is 95.6 Å². The Labute approximate surface area is 162 Å². The van der Waals surface area contributed by atoms with Crippen molar-refractivity contribution in [1.29, 1.82) is 0 Å². The molecule has 2 aliphatic rings. The smallest absolute Gasteiger partial charge is 0.222 e. The summed E-state index contributed by atoms with van der Waals surface area (Å²) in [6, 6.07) is 0. The van der Waals surface area contributed by atoms with Crippen molar-refractivity contribution in [2.45, 2.75) is 65.4 Å². The van der Waals surface area contributed by atoms with Crippen molar-refractivity contribution in [2.75, 3.05) is 36.8 Å². The molecule has 1 aromatic rings. The van der Waals surface area contributed by atoms with Crippen LogP contribution in [-0.4, -0.2) is 58.2 Å². The first kappa shape index (κ1) is 19.9. The van der Waals surface area contributed by atoms with Crippen LogP contribution in [0.25, 0.3) is 0 Å². The monoisotopic (exact) mass is 375 g/mol. The van der Waals surface area contributed by atoms with Gasteiger partial charge in [0.1, 0.15) is 5.82 Å². The molecule has 2 aliphatic heterocycles. The molecule has 2 fully saturated rings. The van der Waals surface area contributed by atoms with Crippen molar-refractivity contribution in [3.63, 3.8) is 0 Å². The number of aliphatic hydroxyl groups is 1. The zero-order chi connectivity index (χ0) is 19.6. The largest absolute Gasteiger partial charge is 0.391 e. The molecule has 7 heteroatoms. The maximum Gasteiger partial charge on any atom is 0.222 e. The lowest BCUT2D eigenvalue weighted by Crippen LogP contribution is -2.55. The van der Waals surface area contributed by atoms with E-state index in [1.807, 2.05) is 11.8 Å². The molecule has 150 valence electrons. The van der Waals surface area contributed by atoms with Gasteiger partial charge in [0.25, 0.3) is 0 Å². The number of carbonyl (C=O) groups is 1. The Morgan fingerprint density at radius 3 is 2.67 bits per heavy atom. The molecule has 1 unspecified atom stereocenters. The molecule has 7 nitrogen and oxygen atoms in total. The number of likely N-dealkylation sites (tertiary alicyclic amines) is 1. The van der Waals surface area contributed by atoms with Gasteiger partial charge < -0.3 is 20.6 Å². The number of nitrogens with two attached hydrogens (primary N) is 1. The van der Waals surface area contributed by atoms with Gasteiger partial charge in [0.15, 0.2) is 0 Å². The van der Waals surface area contributed by atoms with Crippen molar-refractivity contribution in [3.05, 3.63) is 11.3 Å². The number of nitrogens with zero attached hydrogens (tertiary/aromatic N) is 4. The first-order chi connectivity index (χ1) is 12.8. The molecule has 0 aromatic carbocycles. The third kappa shape index (κ3) is 4.34. The average Bonchev–Trinajstić information content (AvgIpc) is 2.60. The molecule has 27 heavy (non-hydrogen) atoms. The summed E-state index contributed by atoms with van der Waals surface area (Å²) < 4.78 is 0. The summed E-state index contributed by atoms with van der Waals surface area (Å²) in [7, 11) is 0. The van der Waals surface area contributed by atoms with E-state index in [0.29, 0.717) is 12.5 Å². The van der Waals surface area contributed by atoms with E-state index in [9.17, 15) is 9.90 Å². The lowest BCUT2D eigenvalue weighted by molar-refractivity contribution is -0.137. The van der Waals surface area contributed by atoms with Crippen molar-refractivity contribution in [2.24, 2.45) is 5.41 Å². The van der Waals surface area contributed by atoms with Crippen LogP contribution in [0.15, 0.2) is 0 Å². The van der Waals surface area contributed by atoms with Crippen molar-refractivity contribution < 1.29 is 9.90 Å². The molecule has 0 bridgehead atoms. The third-order valence-electron chi connectivity index (χ3n) is 6.18. The van der Waals surface area contributed by atoms with Crippen LogP contribution < -0.4 is 10.6 Å². The maximum atomic E-state index is 11.8. The van der Waals surface area contributed by atoms with Crippen LogP contribution in [0.4, 0.5) is 11.8 Å².